The molecule has 7 nitrogen and oxygen atoms in total. The van der Waals surface area contributed by atoms with Crippen LogP contribution in [0.25, 0.3) is 16.9 Å². The van der Waals surface area contributed by atoms with Crippen molar-refractivity contribution in [1.82, 2.24) is 15.1 Å². The predicted octanol–water partition coefficient (Wildman–Crippen LogP) is 4.56. The first kappa shape index (κ1) is 21.1. The highest BCUT2D eigenvalue weighted by molar-refractivity contribution is 5.91. The van der Waals surface area contributed by atoms with Gasteiger partial charge in [0.25, 0.3) is 0 Å². The number of hydrogen-bond acceptors (Lipinski definition) is 4. The maximum atomic E-state index is 12.6. The van der Waals surface area contributed by atoms with Crippen LogP contribution >= 0.6 is 0 Å². The summed E-state index contributed by atoms with van der Waals surface area (Å²) in [6.07, 6.45) is 2.51. The summed E-state index contributed by atoms with van der Waals surface area (Å²) < 4.78 is 6.91. The van der Waals surface area contributed by atoms with Crippen LogP contribution in [0.4, 0.5) is 5.82 Å². The largest absolute Gasteiger partial charge is 0.467 e. The van der Waals surface area contributed by atoms with E-state index in [4.69, 9.17) is 4.42 Å². The second kappa shape index (κ2) is 10.3. The molecular weight excluding hydrogens is 404 g/mol. The van der Waals surface area contributed by atoms with Gasteiger partial charge in [-0.3, -0.25) is 9.59 Å². The molecule has 0 spiro atoms. The Labute approximate surface area is 186 Å². The third kappa shape index (κ3) is 5.51. The molecule has 2 aromatic carbocycles. The van der Waals surface area contributed by atoms with Crippen LogP contribution in [0.2, 0.25) is 0 Å². The number of anilines is 1. The van der Waals surface area contributed by atoms with Crippen molar-refractivity contribution in [3.8, 4) is 16.9 Å². The zero-order valence-electron chi connectivity index (χ0n) is 17.5. The highest BCUT2D eigenvalue weighted by Crippen LogP contribution is 2.24. The lowest BCUT2D eigenvalue weighted by Crippen LogP contribution is -2.22. The SMILES string of the molecule is O=C(CCCC(=O)Nc1cc(-c2ccccc2)nn1-c1ccccc1)NCc1ccco1. The Hall–Kier alpha value is -4.13. The Morgan fingerprint density at radius 2 is 1.59 bits per heavy atom. The van der Waals surface area contributed by atoms with E-state index in [0.29, 0.717) is 24.5 Å². The Bertz CT molecular complexity index is 1150. The third-order valence-electron chi connectivity index (χ3n) is 4.89. The molecule has 0 saturated carbocycles. The van der Waals surface area contributed by atoms with Crippen molar-refractivity contribution in [3.63, 3.8) is 0 Å². The van der Waals surface area contributed by atoms with Crippen molar-refractivity contribution in [2.75, 3.05) is 5.32 Å². The van der Waals surface area contributed by atoms with E-state index in [1.54, 1.807) is 23.1 Å². The van der Waals surface area contributed by atoms with E-state index in [0.717, 1.165) is 16.9 Å². The van der Waals surface area contributed by atoms with Crippen molar-refractivity contribution in [2.45, 2.75) is 25.8 Å². The van der Waals surface area contributed by atoms with E-state index in [1.165, 1.54) is 0 Å². The van der Waals surface area contributed by atoms with E-state index in [1.807, 2.05) is 66.7 Å². The molecule has 0 saturated heterocycles. The van der Waals surface area contributed by atoms with Crippen molar-refractivity contribution >= 4 is 17.6 Å². The Balaban J connectivity index is 1.37. The number of benzene rings is 2. The van der Waals surface area contributed by atoms with E-state index >= 15 is 0 Å². The van der Waals surface area contributed by atoms with Gasteiger partial charge in [-0.25, -0.2) is 4.68 Å². The molecule has 2 aromatic heterocycles. The van der Waals surface area contributed by atoms with Crippen LogP contribution in [0.3, 0.4) is 0 Å². The number of aromatic nitrogens is 2. The molecule has 0 aliphatic rings. The summed E-state index contributed by atoms with van der Waals surface area (Å²) in [6.45, 7) is 0.344. The monoisotopic (exact) mass is 428 g/mol. The molecule has 0 aliphatic heterocycles. The molecule has 0 atom stereocenters. The molecule has 32 heavy (non-hydrogen) atoms. The fourth-order valence-corrected chi connectivity index (χ4v) is 3.29. The second-order valence-corrected chi connectivity index (χ2v) is 7.29. The number of hydrogen-bond donors (Lipinski definition) is 2. The first-order valence-corrected chi connectivity index (χ1v) is 10.5. The highest BCUT2D eigenvalue weighted by Gasteiger charge is 2.14. The van der Waals surface area contributed by atoms with Crippen LogP contribution in [0, 0.1) is 0 Å². The van der Waals surface area contributed by atoms with Crippen LogP contribution < -0.4 is 10.6 Å². The number of nitrogens with one attached hydrogen (secondary N) is 2. The van der Waals surface area contributed by atoms with Crippen LogP contribution in [0.5, 0.6) is 0 Å². The molecular formula is C25H24N4O3. The van der Waals surface area contributed by atoms with Gasteiger partial charge >= 0.3 is 0 Å². The Morgan fingerprint density at radius 3 is 2.31 bits per heavy atom. The molecule has 2 amide bonds. The number of furan rings is 1. The lowest BCUT2D eigenvalue weighted by Gasteiger charge is -2.09. The van der Waals surface area contributed by atoms with Crippen molar-refractivity contribution in [2.24, 2.45) is 0 Å². The number of amides is 2. The zero-order valence-corrected chi connectivity index (χ0v) is 17.5. The van der Waals surface area contributed by atoms with Crippen molar-refractivity contribution in [1.29, 1.82) is 0 Å². The van der Waals surface area contributed by atoms with Crippen molar-refractivity contribution < 1.29 is 14.0 Å². The second-order valence-electron chi connectivity index (χ2n) is 7.29. The maximum absolute atomic E-state index is 12.6. The average molecular weight is 428 g/mol. The van der Waals surface area contributed by atoms with Gasteiger partial charge in [-0.1, -0.05) is 48.5 Å². The van der Waals surface area contributed by atoms with Crippen LogP contribution in [0.15, 0.2) is 89.5 Å². The molecule has 7 heteroatoms. The van der Waals surface area contributed by atoms with E-state index in [9.17, 15) is 9.59 Å². The standard InChI is InChI=1S/C25H24N4O3/c30-24(26-18-21-13-8-16-32-21)14-7-15-25(31)27-23-17-22(19-9-3-1-4-10-19)28-29(23)20-11-5-2-6-12-20/h1-6,8-13,16-17H,7,14-15,18H2,(H,26,30)(H,27,31). The molecule has 0 bridgehead atoms. The topological polar surface area (TPSA) is 89.2 Å². The molecule has 2 heterocycles. The van der Waals surface area contributed by atoms with E-state index < -0.39 is 0 Å². The lowest BCUT2D eigenvalue weighted by molar-refractivity contribution is -0.121. The highest BCUT2D eigenvalue weighted by atomic mass is 16.3. The van der Waals surface area contributed by atoms with Gasteiger partial charge in [0, 0.05) is 24.5 Å². The van der Waals surface area contributed by atoms with Crippen LogP contribution in [0.1, 0.15) is 25.0 Å². The van der Waals surface area contributed by atoms with Gasteiger partial charge in [-0.2, -0.15) is 5.10 Å². The van der Waals surface area contributed by atoms with Crippen LogP contribution in [-0.4, -0.2) is 21.6 Å². The summed E-state index contributed by atoms with van der Waals surface area (Å²) in [6, 6.07) is 24.9. The first-order chi connectivity index (χ1) is 15.7. The molecule has 0 aliphatic carbocycles. The normalized spacial score (nSPS) is 10.6. The molecule has 0 radical (unpaired) electrons. The first-order valence-electron chi connectivity index (χ1n) is 10.5. The van der Waals surface area contributed by atoms with E-state index in [-0.39, 0.29) is 24.7 Å². The summed E-state index contributed by atoms with van der Waals surface area (Å²) >= 11 is 0. The van der Waals surface area contributed by atoms with Gasteiger partial charge in [0.2, 0.25) is 11.8 Å². The van der Waals surface area contributed by atoms with Crippen LogP contribution in [-0.2, 0) is 16.1 Å². The number of rotatable bonds is 9. The summed E-state index contributed by atoms with van der Waals surface area (Å²) in [7, 11) is 0. The maximum Gasteiger partial charge on any atom is 0.225 e. The minimum absolute atomic E-state index is 0.116. The van der Waals surface area contributed by atoms with E-state index in [2.05, 4.69) is 15.7 Å². The predicted molar refractivity (Wildman–Crippen MR) is 122 cm³/mol. The Morgan fingerprint density at radius 1 is 0.875 bits per heavy atom. The number of carbonyl (C=O) groups is 2. The van der Waals surface area contributed by atoms with Gasteiger partial charge in [0.15, 0.2) is 0 Å². The number of carbonyl (C=O) groups excluding carboxylic acids is 2. The number of para-hydroxylation sites is 1. The Kier molecular flexibility index (Phi) is 6.77. The smallest absolute Gasteiger partial charge is 0.225 e. The van der Waals surface area contributed by atoms with Gasteiger partial charge in [-0.05, 0) is 30.7 Å². The average Bonchev–Trinajstić information content (AvgIpc) is 3.49. The third-order valence-corrected chi connectivity index (χ3v) is 4.89. The zero-order chi connectivity index (χ0) is 22.2. The van der Waals surface area contributed by atoms with Gasteiger partial charge in [0.1, 0.15) is 11.6 Å². The summed E-state index contributed by atoms with van der Waals surface area (Å²) in [5.41, 5.74) is 2.58. The van der Waals surface area contributed by atoms with Gasteiger partial charge in [0.05, 0.1) is 24.2 Å². The molecule has 0 fully saturated rings. The summed E-state index contributed by atoms with van der Waals surface area (Å²) in [5.74, 6) is 0.997. The lowest BCUT2D eigenvalue weighted by atomic mass is 10.1. The fraction of sp³-hybridized carbons (Fsp3) is 0.160. The molecule has 4 aromatic rings. The fourth-order valence-electron chi connectivity index (χ4n) is 3.29. The van der Waals surface area contributed by atoms with Gasteiger partial charge in [-0.15, -0.1) is 0 Å². The van der Waals surface area contributed by atoms with Gasteiger partial charge < -0.3 is 15.1 Å². The molecule has 162 valence electrons. The molecule has 0 unspecified atom stereocenters. The summed E-state index contributed by atoms with van der Waals surface area (Å²) in [5, 5.41) is 10.4. The molecule has 4 rings (SSSR count). The quantitative estimate of drug-likeness (QED) is 0.409. The summed E-state index contributed by atoms with van der Waals surface area (Å²) in [4.78, 5) is 24.5. The number of nitrogens with zero attached hydrogens (tertiary/aromatic N) is 2. The van der Waals surface area contributed by atoms with Crippen molar-refractivity contribution in [3.05, 3.63) is 90.9 Å². The molecule has 2 N–H and O–H groups in total. The minimum Gasteiger partial charge on any atom is -0.467 e. The minimum atomic E-state index is -0.166.